The minimum atomic E-state index is -1.08. The Balaban J connectivity index is 1.69. The van der Waals surface area contributed by atoms with Crippen LogP contribution in [0.15, 0.2) is 16.7 Å². The third kappa shape index (κ3) is 3.70. The Bertz CT molecular complexity index is 716. The third-order valence-electron chi connectivity index (χ3n) is 5.07. The lowest BCUT2D eigenvalue weighted by molar-refractivity contribution is -0.120. The number of carboxylic acid groups (broad SMARTS) is 1. The first kappa shape index (κ1) is 19.1. The molecule has 142 valence electrons. The van der Waals surface area contributed by atoms with Gasteiger partial charge in [0.1, 0.15) is 16.5 Å². The van der Waals surface area contributed by atoms with E-state index in [1.165, 1.54) is 4.90 Å². The summed E-state index contributed by atoms with van der Waals surface area (Å²) in [5.74, 6) is 0.0743. The number of ether oxygens (including phenoxy) is 2. The van der Waals surface area contributed by atoms with Crippen molar-refractivity contribution in [3.63, 3.8) is 0 Å². The molecule has 3 rings (SSSR count). The van der Waals surface area contributed by atoms with E-state index in [9.17, 15) is 14.7 Å². The Kier molecular flexibility index (Phi) is 5.50. The molecular formula is C17H22BrN3O5. The van der Waals surface area contributed by atoms with Crippen LogP contribution in [0.2, 0.25) is 0 Å². The summed E-state index contributed by atoms with van der Waals surface area (Å²) in [5.41, 5.74) is 0.539. The number of aromatic nitrogens is 1. The van der Waals surface area contributed by atoms with Gasteiger partial charge in [-0.05, 0) is 47.3 Å². The zero-order chi connectivity index (χ0) is 18.9. The van der Waals surface area contributed by atoms with E-state index < -0.39 is 12.1 Å². The van der Waals surface area contributed by atoms with E-state index in [1.807, 2.05) is 13.0 Å². The molecule has 0 spiro atoms. The van der Waals surface area contributed by atoms with Gasteiger partial charge in [0.05, 0.1) is 19.8 Å². The molecule has 2 heterocycles. The highest BCUT2D eigenvalue weighted by molar-refractivity contribution is 9.10. The number of carbonyl (C=O) groups is 2. The Morgan fingerprint density at radius 1 is 1.42 bits per heavy atom. The summed E-state index contributed by atoms with van der Waals surface area (Å²) in [6.07, 6.45) is 0.102. The molecule has 8 nitrogen and oxygen atoms in total. The number of nitrogens with zero attached hydrogens (tertiary/aromatic N) is 2. The highest BCUT2D eigenvalue weighted by atomic mass is 79.9. The van der Waals surface area contributed by atoms with Gasteiger partial charge in [-0.25, -0.2) is 9.78 Å². The van der Waals surface area contributed by atoms with Crippen LogP contribution in [0, 0.1) is 12.3 Å². The molecule has 26 heavy (non-hydrogen) atoms. The Morgan fingerprint density at radius 2 is 2.19 bits per heavy atom. The van der Waals surface area contributed by atoms with E-state index in [0.29, 0.717) is 36.7 Å². The van der Waals surface area contributed by atoms with Crippen LogP contribution >= 0.6 is 15.9 Å². The highest BCUT2D eigenvalue weighted by Crippen LogP contribution is 2.59. The van der Waals surface area contributed by atoms with E-state index >= 15 is 0 Å². The summed E-state index contributed by atoms with van der Waals surface area (Å²) in [6, 6.07) is 2.71. The van der Waals surface area contributed by atoms with E-state index in [0.717, 1.165) is 12.0 Å². The summed E-state index contributed by atoms with van der Waals surface area (Å²) in [6.45, 7) is 3.21. The number of anilines is 1. The van der Waals surface area contributed by atoms with Crippen LogP contribution in [0.5, 0.6) is 0 Å². The van der Waals surface area contributed by atoms with E-state index in [4.69, 9.17) is 9.47 Å². The first-order valence-corrected chi connectivity index (χ1v) is 9.19. The number of hydrogen-bond donors (Lipinski definition) is 2. The van der Waals surface area contributed by atoms with Gasteiger partial charge in [0, 0.05) is 18.6 Å². The minimum Gasteiger partial charge on any atom is -0.465 e. The predicted octanol–water partition coefficient (Wildman–Crippen LogP) is 2.27. The van der Waals surface area contributed by atoms with Gasteiger partial charge in [-0.3, -0.25) is 9.69 Å². The van der Waals surface area contributed by atoms with Crippen LogP contribution in [0.4, 0.5) is 10.6 Å². The lowest BCUT2D eigenvalue weighted by atomic mass is 10.00. The molecule has 1 aliphatic carbocycles. The second kappa shape index (κ2) is 7.50. The predicted molar refractivity (Wildman–Crippen MR) is 97.1 cm³/mol. The maximum Gasteiger partial charge on any atom is 0.408 e. The maximum absolute atomic E-state index is 12.7. The number of fused-ring (bicyclic) bond motifs is 1. The fourth-order valence-electron chi connectivity index (χ4n) is 3.59. The number of methoxy groups -OCH3 is 1. The summed E-state index contributed by atoms with van der Waals surface area (Å²) in [7, 11) is 1.60. The van der Waals surface area contributed by atoms with Crippen LogP contribution in [0.3, 0.4) is 0 Å². The van der Waals surface area contributed by atoms with Crippen molar-refractivity contribution in [2.24, 2.45) is 5.41 Å². The molecule has 1 aliphatic heterocycles. The van der Waals surface area contributed by atoms with Crippen molar-refractivity contribution >= 4 is 33.7 Å². The van der Waals surface area contributed by atoms with Gasteiger partial charge in [0.15, 0.2) is 0 Å². The maximum atomic E-state index is 12.7. The number of rotatable bonds is 7. The molecule has 0 unspecified atom stereocenters. The van der Waals surface area contributed by atoms with Crippen LogP contribution < -0.4 is 5.32 Å². The fourth-order valence-corrected chi connectivity index (χ4v) is 3.90. The first-order valence-electron chi connectivity index (χ1n) is 8.40. The molecule has 0 aromatic carbocycles. The van der Waals surface area contributed by atoms with Crippen molar-refractivity contribution < 1.29 is 24.2 Å². The first-order chi connectivity index (χ1) is 12.4. The SMILES string of the molecule is COCCOC[C@@]12C[C@@H](C(=O)Nc3nc(Br)ccc3C)N(C(=O)O)[C@@H]1C2. The highest BCUT2D eigenvalue weighted by Gasteiger charge is 2.67. The summed E-state index contributed by atoms with van der Waals surface area (Å²) < 4.78 is 11.2. The molecule has 1 saturated heterocycles. The number of hydrogen-bond acceptors (Lipinski definition) is 5. The largest absolute Gasteiger partial charge is 0.465 e. The molecule has 9 heteroatoms. The molecule has 2 aliphatic rings. The van der Waals surface area contributed by atoms with Gasteiger partial charge in [-0.1, -0.05) is 6.07 Å². The summed E-state index contributed by atoms with van der Waals surface area (Å²) in [4.78, 5) is 30.0. The van der Waals surface area contributed by atoms with Crippen molar-refractivity contribution in [2.45, 2.75) is 31.8 Å². The van der Waals surface area contributed by atoms with Gasteiger partial charge < -0.3 is 19.9 Å². The van der Waals surface area contributed by atoms with Crippen LogP contribution in [-0.2, 0) is 14.3 Å². The van der Waals surface area contributed by atoms with Gasteiger partial charge in [0.25, 0.3) is 0 Å². The number of nitrogens with one attached hydrogen (secondary N) is 1. The lowest BCUT2D eigenvalue weighted by Gasteiger charge is -2.24. The molecule has 0 radical (unpaired) electrons. The number of likely N-dealkylation sites (tertiary alicyclic amines) is 1. The van der Waals surface area contributed by atoms with E-state index in [-0.39, 0.29) is 17.4 Å². The Hall–Kier alpha value is -1.71. The molecule has 1 saturated carbocycles. The molecule has 2 amide bonds. The average Bonchev–Trinajstić information content (AvgIpc) is 3.18. The number of piperidine rings is 1. The van der Waals surface area contributed by atoms with Gasteiger partial charge in [0.2, 0.25) is 5.91 Å². The van der Waals surface area contributed by atoms with Gasteiger partial charge in [-0.2, -0.15) is 0 Å². The van der Waals surface area contributed by atoms with Crippen LogP contribution in [0.1, 0.15) is 18.4 Å². The van der Waals surface area contributed by atoms with Crippen molar-refractivity contribution in [1.82, 2.24) is 9.88 Å². The molecule has 0 bridgehead atoms. The molecule has 2 fully saturated rings. The zero-order valence-electron chi connectivity index (χ0n) is 14.7. The number of pyridine rings is 1. The smallest absolute Gasteiger partial charge is 0.408 e. The fraction of sp³-hybridized carbons (Fsp3) is 0.588. The minimum absolute atomic E-state index is 0.171. The van der Waals surface area contributed by atoms with E-state index in [2.05, 4.69) is 26.2 Å². The summed E-state index contributed by atoms with van der Waals surface area (Å²) >= 11 is 3.28. The van der Waals surface area contributed by atoms with Crippen molar-refractivity contribution in [2.75, 3.05) is 32.2 Å². The zero-order valence-corrected chi connectivity index (χ0v) is 16.3. The average molecular weight is 428 g/mol. The number of aryl methyl sites for hydroxylation is 1. The lowest BCUT2D eigenvalue weighted by Crippen LogP contribution is -2.45. The Morgan fingerprint density at radius 3 is 2.88 bits per heavy atom. The second-order valence-corrected chi connectivity index (χ2v) is 7.64. The van der Waals surface area contributed by atoms with Crippen molar-refractivity contribution in [3.05, 3.63) is 22.3 Å². The summed E-state index contributed by atoms with van der Waals surface area (Å²) in [5, 5.41) is 12.3. The van der Waals surface area contributed by atoms with Crippen molar-refractivity contribution in [3.8, 4) is 0 Å². The molecule has 2 N–H and O–H groups in total. The van der Waals surface area contributed by atoms with Crippen LogP contribution in [0.25, 0.3) is 0 Å². The van der Waals surface area contributed by atoms with Gasteiger partial charge >= 0.3 is 6.09 Å². The standard InChI is InChI=1S/C17H22BrN3O5/c1-10-3-4-13(18)19-14(10)20-15(22)11-7-17(9-26-6-5-25-2)8-12(17)21(11)16(23)24/h3-4,11-12H,5-9H2,1-2H3,(H,23,24)(H,19,20,22)/t11-,12+,17-/m0/s1. The van der Waals surface area contributed by atoms with Gasteiger partial charge in [-0.15, -0.1) is 0 Å². The molecule has 3 atom stereocenters. The number of carbonyl (C=O) groups excluding carboxylic acids is 1. The normalized spacial score (nSPS) is 26.5. The van der Waals surface area contributed by atoms with Crippen LogP contribution in [-0.4, -0.2) is 66.0 Å². The number of amides is 2. The monoisotopic (exact) mass is 427 g/mol. The van der Waals surface area contributed by atoms with E-state index in [1.54, 1.807) is 13.2 Å². The quantitative estimate of drug-likeness (QED) is 0.511. The molecule has 1 aromatic heterocycles. The third-order valence-corrected chi connectivity index (χ3v) is 5.51. The topological polar surface area (TPSA) is 101 Å². The molecule has 1 aromatic rings. The number of halogens is 1. The molecular weight excluding hydrogens is 406 g/mol. The Labute approximate surface area is 160 Å². The second-order valence-electron chi connectivity index (χ2n) is 6.83. The van der Waals surface area contributed by atoms with Crippen molar-refractivity contribution in [1.29, 1.82) is 0 Å².